The number of hydrogen-bond donors (Lipinski definition) is 1. The van der Waals surface area contributed by atoms with E-state index in [2.05, 4.69) is 36.4 Å². The Labute approximate surface area is 103 Å². The minimum atomic E-state index is -0.129. The predicted molar refractivity (Wildman–Crippen MR) is 64.8 cm³/mol. The zero-order valence-electron chi connectivity index (χ0n) is 8.35. The van der Waals surface area contributed by atoms with Crippen molar-refractivity contribution in [3.8, 4) is 0 Å². The first-order valence-electron chi connectivity index (χ1n) is 4.41. The molecular weight excluding hydrogens is 294 g/mol. The average molecular weight is 302 g/mol. The molecule has 2 rings (SSSR count). The van der Waals surface area contributed by atoms with Crippen LogP contribution >= 0.6 is 27.3 Å². The summed E-state index contributed by atoms with van der Waals surface area (Å²) in [4.78, 5) is 15.6. The molecule has 0 radical (unpaired) electrons. The fourth-order valence-electron chi connectivity index (χ4n) is 1.10. The third kappa shape index (κ3) is 2.27. The predicted octanol–water partition coefficient (Wildman–Crippen LogP) is 0.947. The monoisotopic (exact) mass is 301 g/mol. The van der Waals surface area contributed by atoms with Gasteiger partial charge in [0, 0.05) is 13.2 Å². The van der Waals surface area contributed by atoms with Gasteiger partial charge in [0.25, 0.3) is 5.56 Å². The molecule has 0 saturated carbocycles. The van der Waals surface area contributed by atoms with Crippen LogP contribution in [0.4, 0.5) is 5.13 Å². The van der Waals surface area contributed by atoms with Gasteiger partial charge < -0.3 is 5.32 Å². The molecule has 0 bridgehead atoms. The average Bonchev–Trinajstić information content (AvgIpc) is 2.73. The van der Waals surface area contributed by atoms with E-state index >= 15 is 0 Å². The van der Waals surface area contributed by atoms with Gasteiger partial charge in [0.05, 0.1) is 12.9 Å². The quantitative estimate of drug-likeness (QED) is 0.914. The molecule has 0 aliphatic heterocycles. The van der Waals surface area contributed by atoms with Gasteiger partial charge in [-0.25, -0.2) is 4.98 Å². The topological polar surface area (TPSA) is 72.7 Å². The van der Waals surface area contributed by atoms with Gasteiger partial charge in [-0.3, -0.25) is 9.36 Å². The normalized spacial score (nSPS) is 10.4. The highest BCUT2D eigenvalue weighted by atomic mass is 79.9. The molecule has 2 heterocycles. The van der Waals surface area contributed by atoms with E-state index in [0.29, 0.717) is 11.0 Å². The summed E-state index contributed by atoms with van der Waals surface area (Å²) in [6, 6.07) is 0. The number of anilines is 1. The van der Waals surface area contributed by atoms with Crippen molar-refractivity contribution in [1.29, 1.82) is 0 Å². The van der Waals surface area contributed by atoms with E-state index in [9.17, 15) is 4.79 Å². The van der Waals surface area contributed by atoms with Crippen LogP contribution in [0, 0.1) is 0 Å². The molecule has 0 spiro atoms. The molecule has 2 aromatic rings. The molecule has 8 heteroatoms. The van der Waals surface area contributed by atoms with E-state index in [-0.39, 0.29) is 5.56 Å². The molecular formula is C8H8BrN5OS. The van der Waals surface area contributed by atoms with Crippen molar-refractivity contribution in [2.24, 2.45) is 0 Å². The molecule has 0 aliphatic rings. The Kier molecular flexibility index (Phi) is 3.30. The summed E-state index contributed by atoms with van der Waals surface area (Å²) in [5.41, 5.74) is -0.129. The van der Waals surface area contributed by atoms with Crippen molar-refractivity contribution in [2.75, 3.05) is 12.4 Å². The zero-order chi connectivity index (χ0) is 11.5. The summed E-state index contributed by atoms with van der Waals surface area (Å²) in [7, 11) is 1.77. The van der Waals surface area contributed by atoms with Crippen LogP contribution < -0.4 is 10.9 Å². The molecule has 0 aromatic carbocycles. The molecule has 16 heavy (non-hydrogen) atoms. The van der Waals surface area contributed by atoms with Crippen LogP contribution in [0.15, 0.2) is 21.8 Å². The van der Waals surface area contributed by atoms with Crippen LogP contribution in [0.2, 0.25) is 0 Å². The molecule has 0 unspecified atom stereocenters. The van der Waals surface area contributed by atoms with Gasteiger partial charge in [0.1, 0.15) is 9.48 Å². The Morgan fingerprint density at radius 2 is 2.38 bits per heavy atom. The summed E-state index contributed by atoms with van der Waals surface area (Å²) >= 11 is 4.54. The Hall–Kier alpha value is -1.28. The lowest BCUT2D eigenvalue weighted by Gasteiger charge is -2.00. The maximum Gasteiger partial charge on any atom is 0.267 e. The standard InChI is InChI=1S/C8H8BrN5OS/c1-10-8-13-12-6(16-8)3-14-4-11-2-5(9)7(14)15/h2,4H,3H2,1H3,(H,10,13). The van der Waals surface area contributed by atoms with E-state index in [1.807, 2.05) is 0 Å². The van der Waals surface area contributed by atoms with Crippen molar-refractivity contribution in [3.05, 3.63) is 32.4 Å². The summed E-state index contributed by atoms with van der Waals surface area (Å²) in [5.74, 6) is 0. The highest BCUT2D eigenvalue weighted by molar-refractivity contribution is 9.10. The van der Waals surface area contributed by atoms with Gasteiger partial charge in [-0.15, -0.1) is 10.2 Å². The number of nitrogens with one attached hydrogen (secondary N) is 1. The SMILES string of the molecule is CNc1nnc(Cn2cncc(Br)c2=O)s1. The van der Waals surface area contributed by atoms with Crippen LogP contribution in [0.25, 0.3) is 0 Å². The summed E-state index contributed by atoms with van der Waals surface area (Å²) in [5, 5.41) is 12.2. The van der Waals surface area contributed by atoms with Crippen LogP contribution in [0.5, 0.6) is 0 Å². The molecule has 6 nitrogen and oxygen atoms in total. The molecule has 2 aromatic heterocycles. The smallest absolute Gasteiger partial charge is 0.267 e. The van der Waals surface area contributed by atoms with Crippen molar-refractivity contribution in [3.63, 3.8) is 0 Å². The van der Waals surface area contributed by atoms with Gasteiger partial charge in [-0.05, 0) is 15.9 Å². The lowest BCUT2D eigenvalue weighted by Crippen LogP contribution is -2.21. The van der Waals surface area contributed by atoms with Gasteiger partial charge in [-0.2, -0.15) is 0 Å². The Morgan fingerprint density at radius 3 is 3.06 bits per heavy atom. The molecule has 84 valence electrons. The number of halogens is 1. The molecule has 0 amide bonds. The zero-order valence-corrected chi connectivity index (χ0v) is 10.7. The molecule has 0 aliphatic carbocycles. The maximum absolute atomic E-state index is 11.7. The molecule has 1 N–H and O–H groups in total. The van der Waals surface area contributed by atoms with Crippen molar-refractivity contribution in [2.45, 2.75) is 6.54 Å². The fraction of sp³-hybridized carbons (Fsp3) is 0.250. The van der Waals surface area contributed by atoms with Gasteiger partial charge in [0.2, 0.25) is 5.13 Å². The van der Waals surface area contributed by atoms with Crippen molar-refractivity contribution in [1.82, 2.24) is 19.7 Å². The first-order valence-corrected chi connectivity index (χ1v) is 6.01. The van der Waals surface area contributed by atoms with E-state index < -0.39 is 0 Å². The second kappa shape index (κ2) is 4.71. The molecule has 0 atom stereocenters. The fourth-order valence-corrected chi connectivity index (χ4v) is 2.14. The Balaban J connectivity index is 2.27. The summed E-state index contributed by atoms with van der Waals surface area (Å²) in [6.45, 7) is 0.380. The largest absolute Gasteiger partial charge is 0.363 e. The van der Waals surface area contributed by atoms with E-state index in [0.717, 1.165) is 10.1 Å². The molecule has 0 saturated heterocycles. The first-order chi connectivity index (χ1) is 7.70. The number of rotatable bonds is 3. The minimum Gasteiger partial charge on any atom is -0.363 e. The van der Waals surface area contributed by atoms with E-state index in [1.165, 1.54) is 28.4 Å². The second-order valence-electron chi connectivity index (χ2n) is 2.93. The van der Waals surface area contributed by atoms with Crippen LogP contribution in [-0.4, -0.2) is 26.8 Å². The van der Waals surface area contributed by atoms with Gasteiger partial charge in [0.15, 0.2) is 0 Å². The van der Waals surface area contributed by atoms with Crippen molar-refractivity contribution < 1.29 is 0 Å². The Bertz CT molecular complexity index is 551. The summed E-state index contributed by atoms with van der Waals surface area (Å²) < 4.78 is 1.91. The summed E-state index contributed by atoms with van der Waals surface area (Å²) in [6.07, 6.45) is 2.95. The van der Waals surface area contributed by atoms with Crippen LogP contribution in [0.1, 0.15) is 5.01 Å². The van der Waals surface area contributed by atoms with Crippen molar-refractivity contribution >= 4 is 32.4 Å². The van der Waals surface area contributed by atoms with E-state index in [1.54, 1.807) is 7.05 Å². The van der Waals surface area contributed by atoms with Crippen LogP contribution in [0.3, 0.4) is 0 Å². The van der Waals surface area contributed by atoms with Gasteiger partial charge in [-0.1, -0.05) is 11.3 Å². The third-order valence-electron chi connectivity index (χ3n) is 1.85. The van der Waals surface area contributed by atoms with Crippen LogP contribution in [-0.2, 0) is 6.54 Å². The highest BCUT2D eigenvalue weighted by Crippen LogP contribution is 2.14. The number of hydrogen-bond acceptors (Lipinski definition) is 6. The number of nitrogens with zero attached hydrogens (tertiary/aromatic N) is 4. The highest BCUT2D eigenvalue weighted by Gasteiger charge is 2.06. The second-order valence-corrected chi connectivity index (χ2v) is 4.84. The minimum absolute atomic E-state index is 0.129. The van der Waals surface area contributed by atoms with E-state index in [4.69, 9.17) is 0 Å². The first kappa shape index (κ1) is 11.2. The number of aromatic nitrogens is 4. The van der Waals surface area contributed by atoms with Gasteiger partial charge >= 0.3 is 0 Å². The third-order valence-corrected chi connectivity index (χ3v) is 3.31. The lowest BCUT2D eigenvalue weighted by molar-refractivity contribution is 0.718. The maximum atomic E-state index is 11.7. The lowest BCUT2D eigenvalue weighted by atomic mass is 10.6. The Morgan fingerprint density at radius 1 is 1.56 bits per heavy atom. The molecule has 0 fully saturated rings.